The monoisotopic (exact) mass is 318 g/mol. The van der Waals surface area contributed by atoms with Crippen LogP contribution >= 0.6 is 0 Å². The Hall–Kier alpha value is -0.693. The molecular weight excluding hydrogens is 288 g/mol. The quantitative estimate of drug-likeness (QED) is 0.314. The highest BCUT2D eigenvalue weighted by atomic mass is 28.4. The number of ether oxygens (including phenoxy) is 1. The lowest BCUT2D eigenvalue weighted by Crippen LogP contribution is -2.42. The fraction of sp³-hybridized carbons (Fsp3) is 0.800. The summed E-state index contributed by atoms with van der Waals surface area (Å²) >= 11 is 0. The molecule has 0 aromatic heterocycles. The van der Waals surface area contributed by atoms with Gasteiger partial charge < -0.3 is 18.0 Å². The van der Waals surface area contributed by atoms with Gasteiger partial charge in [0.05, 0.1) is 0 Å². The molecule has 0 saturated carbocycles. The fourth-order valence-corrected chi connectivity index (χ4v) is 3.80. The third-order valence-electron chi connectivity index (χ3n) is 3.44. The van der Waals surface area contributed by atoms with E-state index in [2.05, 4.69) is 13.5 Å². The molecule has 0 N–H and O–H groups in total. The second-order valence-electron chi connectivity index (χ2n) is 5.14. The summed E-state index contributed by atoms with van der Waals surface area (Å²) in [6.45, 7) is 7.41. The maximum absolute atomic E-state index is 11.7. The molecule has 1 unspecified atom stereocenters. The minimum absolute atomic E-state index is 0.0774. The van der Waals surface area contributed by atoms with Crippen LogP contribution in [0.15, 0.2) is 12.2 Å². The molecule has 124 valence electrons. The summed E-state index contributed by atoms with van der Waals surface area (Å²) in [5.41, 5.74) is 0.436. The zero-order valence-corrected chi connectivity index (χ0v) is 15.1. The summed E-state index contributed by atoms with van der Waals surface area (Å²) in [6, 6.07) is 0.712. The third-order valence-corrected chi connectivity index (χ3v) is 6.28. The molecule has 0 aliphatic heterocycles. The maximum atomic E-state index is 11.7. The highest BCUT2D eigenvalue weighted by Crippen LogP contribution is 2.20. The van der Waals surface area contributed by atoms with Gasteiger partial charge in [0.25, 0.3) is 0 Å². The smallest absolute Gasteiger partial charge is 0.459 e. The molecule has 0 heterocycles. The first-order valence-corrected chi connectivity index (χ1v) is 9.39. The van der Waals surface area contributed by atoms with E-state index in [9.17, 15) is 4.79 Å². The van der Waals surface area contributed by atoms with Crippen molar-refractivity contribution in [1.82, 2.24) is 0 Å². The summed E-state index contributed by atoms with van der Waals surface area (Å²) in [5, 5.41) is 0. The standard InChI is InChI=1S/C15H30O5Si/c1-7-8-10-14(20-15(16)13(2)3)11-9-12-21(17-4,18-5)19-6/h14H,2,7-12H2,1,3-6H3. The largest absolute Gasteiger partial charge is 0.500 e. The molecule has 0 spiro atoms. The van der Waals surface area contributed by atoms with Gasteiger partial charge in [-0.25, -0.2) is 4.79 Å². The predicted octanol–water partition coefficient (Wildman–Crippen LogP) is 3.32. The van der Waals surface area contributed by atoms with Gasteiger partial charge in [-0.1, -0.05) is 26.3 Å². The van der Waals surface area contributed by atoms with Crippen LogP contribution in [0, 0.1) is 0 Å². The first kappa shape index (κ1) is 20.3. The van der Waals surface area contributed by atoms with Crippen LogP contribution in [0.2, 0.25) is 6.04 Å². The number of rotatable bonds is 12. The van der Waals surface area contributed by atoms with Gasteiger partial charge in [0.15, 0.2) is 0 Å². The lowest BCUT2D eigenvalue weighted by molar-refractivity contribution is -0.144. The van der Waals surface area contributed by atoms with E-state index in [-0.39, 0.29) is 12.1 Å². The van der Waals surface area contributed by atoms with Crippen molar-refractivity contribution in [3.63, 3.8) is 0 Å². The van der Waals surface area contributed by atoms with E-state index in [0.717, 1.165) is 32.1 Å². The fourth-order valence-electron chi connectivity index (χ4n) is 2.05. The zero-order chi connectivity index (χ0) is 16.3. The predicted molar refractivity (Wildman–Crippen MR) is 85.0 cm³/mol. The van der Waals surface area contributed by atoms with Gasteiger partial charge in [0, 0.05) is 32.9 Å². The molecule has 0 fully saturated rings. The number of hydrogen-bond acceptors (Lipinski definition) is 5. The van der Waals surface area contributed by atoms with Gasteiger partial charge in [-0.2, -0.15) is 0 Å². The number of hydrogen-bond donors (Lipinski definition) is 0. The molecule has 0 saturated heterocycles. The first-order chi connectivity index (χ1) is 9.94. The average Bonchev–Trinajstić information content (AvgIpc) is 2.49. The normalized spacial score (nSPS) is 13.0. The summed E-state index contributed by atoms with van der Waals surface area (Å²) in [6.07, 6.45) is 4.52. The number of esters is 1. The molecule has 21 heavy (non-hydrogen) atoms. The average molecular weight is 318 g/mol. The van der Waals surface area contributed by atoms with Crippen LogP contribution in [0.25, 0.3) is 0 Å². The Morgan fingerprint density at radius 2 is 1.62 bits per heavy atom. The Balaban J connectivity index is 4.40. The van der Waals surface area contributed by atoms with E-state index < -0.39 is 8.80 Å². The van der Waals surface area contributed by atoms with Crippen molar-refractivity contribution < 1.29 is 22.8 Å². The van der Waals surface area contributed by atoms with Crippen molar-refractivity contribution in [3.05, 3.63) is 12.2 Å². The second kappa shape index (κ2) is 11.0. The van der Waals surface area contributed by atoms with Gasteiger partial charge in [-0.05, 0) is 26.2 Å². The van der Waals surface area contributed by atoms with Crippen LogP contribution in [0.5, 0.6) is 0 Å². The van der Waals surface area contributed by atoms with Gasteiger partial charge in [0.2, 0.25) is 0 Å². The van der Waals surface area contributed by atoms with E-state index in [0.29, 0.717) is 11.6 Å². The van der Waals surface area contributed by atoms with Crippen LogP contribution in [-0.2, 0) is 22.8 Å². The molecule has 0 rings (SSSR count). The molecule has 6 heteroatoms. The van der Waals surface area contributed by atoms with E-state index >= 15 is 0 Å². The molecule has 0 radical (unpaired) electrons. The SMILES string of the molecule is C=C(C)C(=O)OC(CCCC)CCC[Si](OC)(OC)OC. The van der Waals surface area contributed by atoms with E-state index in [1.807, 2.05) is 0 Å². The van der Waals surface area contributed by atoms with Crippen molar-refractivity contribution in [1.29, 1.82) is 0 Å². The topological polar surface area (TPSA) is 54.0 Å². The summed E-state index contributed by atoms with van der Waals surface area (Å²) in [4.78, 5) is 11.7. The van der Waals surface area contributed by atoms with Gasteiger partial charge >= 0.3 is 14.8 Å². The molecule has 5 nitrogen and oxygen atoms in total. The molecule has 1 atom stereocenters. The Bertz CT molecular complexity index is 307. The minimum atomic E-state index is -2.54. The van der Waals surface area contributed by atoms with Gasteiger partial charge in [0.1, 0.15) is 6.10 Å². The van der Waals surface area contributed by atoms with E-state index in [4.69, 9.17) is 18.0 Å². The minimum Gasteiger partial charge on any atom is -0.459 e. The Labute approximate surface area is 130 Å². The van der Waals surface area contributed by atoms with Crippen LogP contribution in [0.1, 0.15) is 46.0 Å². The van der Waals surface area contributed by atoms with Gasteiger partial charge in [-0.3, -0.25) is 0 Å². The lowest BCUT2D eigenvalue weighted by Gasteiger charge is -2.25. The molecule has 0 amide bonds. The van der Waals surface area contributed by atoms with Crippen molar-refractivity contribution in [2.45, 2.75) is 58.1 Å². The molecular formula is C15H30O5Si. The summed E-state index contributed by atoms with van der Waals surface area (Å²) in [5.74, 6) is -0.315. The van der Waals surface area contributed by atoms with E-state index in [1.54, 1.807) is 28.3 Å². The molecule has 0 aromatic carbocycles. The van der Waals surface area contributed by atoms with Crippen molar-refractivity contribution >= 4 is 14.8 Å². The van der Waals surface area contributed by atoms with Crippen LogP contribution < -0.4 is 0 Å². The maximum Gasteiger partial charge on any atom is 0.500 e. The Morgan fingerprint density at radius 3 is 2.05 bits per heavy atom. The molecule has 0 bridgehead atoms. The zero-order valence-electron chi connectivity index (χ0n) is 14.1. The first-order valence-electron chi connectivity index (χ1n) is 7.46. The summed E-state index contributed by atoms with van der Waals surface area (Å²) in [7, 11) is 2.28. The Kier molecular flexibility index (Phi) is 10.6. The Morgan fingerprint density at radius 1 is 1.10 bits per heavy atom. The van der Waals surface area contributed by atoms with Gasteiger partial charge in [-0.15, -0.1) is 0 Å². The number of carbonyl (C=O) groups is 1. The highest BCUT2D eigenvalue weighted by molar-refractivity contribution is 6.60. The molecule has 0 aliphatic carbocycles. The van der Waals surface area contributed by atoms with Crippen molar-refractivity contribution in [2.24, 2.45) is 0 Å². The highest BCUT2D eigenvalue weighted by Gasteiger charge is 2.37. The van der Waals surface area contributed by atoms with E-state index in [1.165, 1.54) is 0 Å². The molecule has 0 aliphatic rings. The van der Waals surface area contributed by atoms with Crippen LogP contribution in [-0.4, -0.2) is 42.2 Å². The number of unbranched alkanes of at least 4 members (excludes halogenated alkanes) is 1. The van der Waals surface area contributed by atoms with Crippen molar-refractivity contribution in [3.8, 4) is 0 Å². The second-order valence-corrected chi connectivity index (χ2v) is 8.23. The lowest BCUT2D eigenvalue weighted by atomic mass is 10.1. The molecule has 0 aromatic rings. The third kappa shape index (κ3) is 7.76. The van der Waals surface area contributed by atoms with Crippen LogP contribution in [0.3, 0.4) is 0 Å². The van der Waals surface area contributed by atoms with Crippen LogP contribution in [0.4, 0.5) is 0 Å². The number of carbonyl (C=O) groups excluding carboxylic acids is 1. The van der Waals surface area contributed by atoms with Crippen molar-refractivity contribution in [2.75, 3.05) is 21.3 Å². The summed E-state index contributed by atoms with van der Waals surface area (Å²) < 4.78 is 21.7.